The van der Waals surface area contributed by atoms with Gasteiger partial charge >= 0.3 is 0 Å². The zero-order chi connectivity index (χ0) is 15.8. The SMILES string of the molecule is CCCOc1ccc(OCC(=O)Nc2cccc(C)c2)cc1. The Bertz CT molecular complexity index is 608. The lowest BCUT2D eigenvalue weighted by atomic mass is 10.2. The lowest BCUT2D eigenvalue weighted by molar-refractivity contribution is -0.118. The number of benzene rings is 2. The Labute approximate surface area is 131 Å². The van der Waals surface area contributed by atoms with Crippen LogP contribution in [0.4, 0.5) is 5.69 Å². The van der Waals surface area contributed by atoms with E-state index >= 15 is 0 Å². The summed E-state index contributed by atoms with van der Waals surface area (Å²) in [7, 11) is 0. The molecule has 0 atom stereocenters. The van der Waals surface area contributed by atoms with Crippen LogP contribution in [-0.4, -0.2) is 19.1 Å². The molecule has 1 N–H and O–H groups in total. The molecule has 0 unspecified atom stereocenters. The molecule has 0 bridgehead atoms. The smallest absolute Gasteiger partial charge is 0.262 e. The summed E-state index contributed by atoms with van der Waals surface area (Å²) in [6.07, 6.45) is 0.970. The van der Waals surface area contributed by atoms with E-state index in [1.165, 1.54) is 0 Å². The molecule has 4 nitrogen and oxygen atoms in total. The Morgan fingerprint density at radius 3 is 2.36 bits per heavy atom. The number of amides is 1. The van der Waals surface area contributed by atoms with E-state index < -0.39 is 0 Å². The predicted molar refractivity (Wildman–Crippen MR) is 87.5 cm³/mol. The first-order chi connectivity index (χ1) is 10.7. The van der Waals surface area contributed by atoms with Gasteiger partial charge in [0.1, 0.15) is 11.5 Å². The molecule has 22 heavy (non-hydrogen) atoms. The lowest BCUT2D eigenvalue weighted by Gasteiger charge is -2.09. The fourth-order valence-electron chi connectivity index (χ4n) is 1.92. The van der Waals surface area contributed by atoms with Gasteiger partial charge in [-0.2, -0.15) is 0 Å². The molecule has 0 saturated carbocycles. The van der Waals surface area contributed by atoms with E-state index in [1.54, 1.807) is 12.1 Å². The van der Waals surface area contributed by atoms with Crippen LogP contribution in [0.25, 0.3) is 0 Å². The van der Waals surface area contributed by atoms with Gasteiger partial charge in [-0.15, -0.1) is 0 Å². The Kier molecular flexibility index (Phi) is 5.83. The minimum atomic E-state index is -0.183. The van der Waals surface area contributed by atoms with Crippen LogP contribution >= 0.6 is 0 Å². The number of hydrogen-bond acceptors (Lipinski definition) is 3. The van der Waals surface area contributed by atoms with Crippen molar-refractivity contribution in [1.29, 1.82) is 0 Å². The molecule has 0 aromatic heterocycles. The summed E-state index contributed by atoms with van der Waals surface area (Å²) >= 11 is 0. The van der Waals surface area contributed by atoms with Crippen LogP contribution in [0, 0.1) is 6.92 Å². The van der Waals surface area contributed by atoms with Gasteiger partial charge < -0.3 is 14.8 Å². The molecule has 2 rings (SSSR count). The highest BCUT2D eigenvalue weighted by atomic mass is 16.5. The van der Waals surface area contributed by atoms with Crippen LogP contribution in [0.15, 0.2) is 48.5 Å². The maximum atomic E-state index is 11.8. The second kappa shape index (κ2) is 8.08. The Balaban J connectivity index is 1.80. The first-order valence-electron chi connectivity index (χ1n) is 7.39. The van der Waals surface area contributed by atoms with E-state index in [-0.39, 0.29) is 12.5 Å². The molecule has 0 fully saturated rings. The summed E-state index contributed by atoms with van der Waals surface area (Å²) in [5.41, 5.74) is 1.87. The molecule has 0 aliphatic rings. The Morgan fingerprint density at radius 1 is 1.05 bits per heavy atom. The van der Waals surface area contributed by atoms with Crippen LogP contribution in [0.1, 0.15) is 18.9 Å². The summed E-state index contributed by atoms with van der Waals surface area (Å²) in [5.74, 6) is 1.26. The maximum Gasteiger partial charge on any atom is 0.262 e. The van der Waals surface area contributed by atoms with Crippen molar-refractivity contribution < 1.29 is 14.3 Å². The minimum Gasteiger partial charge on any atom is -0.494 e. The second-order valence-corrected chi connectivity index (χ2v) is 5.03. The molecule has 2 aromatic rings. The lowest BCUT2D eigenvalue weighted by Crippen LogP contribution is -2.20. The molecule has 4 heteroatoms. The average Bonchev–Trinajstić information content (AvgIpc) is 2.52. The van der Waals surface area contributed by atoms with Crippen molar-refractivity contribution in [3.05, 3.63) is 54.1 Å². The molecule has 116 valence electrons. The van der Waals surface area contributed by atoms with Gasteiger partial charge in [-0.05, 0) is 55.3 Å². The molecule has 1 amide bonds. The first kappa shape index (κ1) is 15.9. The topological polar surface area (TPSA) is 47.6 Å². The van der Waals surface area contributed by atoms with Gasteiger partial charge in [0, 0.05) is 5.69 Å². The van der Waals surface area contributed by atoms with Crippen molar-refractivity contribution in [2.45, 2.75) is 20.3 Å². The van der Waals surface area contributed by atoms with Gasteiger partial charge in [0.15, 0.2) is 6.61 Å². The zero-order valence-electron chi connectivity index (χ0n) is 13.0. The quantitative estimate of drug-likeness (QED) is 0.846. The molecule has 0 radical (unpaired) electrons. The van der Waals surface area contributed by atoms with E-state index in [0.29, 0.717) is 12.4 Å². The summed E-state index contributed by atoms with van der Waals surface area (Å²) in [5, 5.41) is 2.80. The molecule has 0 heterocycles. The summed E-state index contributed by atoms with van der Waals surface area (Å²) in [6.45, 7) is 4.71. The van der Waals surface area contributed by atoms with Crippen molar-refractivity contribution in [3.8, 4) is 11.5 Å². The van der Waals surface area contributed by atoms with Gasteiger partial charge in [-0.1, -0.05) is 19.1 Å². The van der Waals surface area contributed by atoms with E-state index in [1.807, 2.05) is 43.3 Å². The fraction of sp³-hybridized carbons (Fsp3) is 0.278. The molecular formula is C18H21NO3. The van der Waals surface area contributed by atoms with Gasteiger partial charge in [-0.25, -0.2) is 0 Å². The maximum absolute atomic E-state index is 11.8. The highest BCUT2D eigenvalue weighted by Gasteiger charge is 2.04. The van der Waals surface area contributed by atoms with Crippen LogP contribution in [0.3, 0.4) is 0 Å². The second-order valence-electron chi connectivity index (χ2n) is 5.03. The van der Waals surface area contributed by atoms with Gasteiger partial charge in [0.2, 0.25) is 0 Å². The number of rotatable bonds is 7. The standard InChI is InChI=1S/C18H21NO3/c1-3-11-21-16-7-9-17(10-8-16)22-13-18(20)19-15-6-4-5-14(2)12-15/h4-10,12H,3,11,13H2,1-2H3,(H,19,20). The van der Waals surface area contributed by atoms with Crippen LogP contribution in [0.2, 0.25) is 0 Å². The number of carbonyl (C=O) groups excluding carboxylic acids is 1. The monoisotopic (exact) mass is 299 g/mol. The molecule has 0 spiro atoms. The van der Waals surface area contributed by atoms with Gasteiger partial charge in [0.05, 0.1) is 6.61 Å². The normalized spacial score (nSPS) is 10.1. The zero-order valence-corrected chi connectivity index (χ0v) is 13.0. The molecule has 0 saturated heterocycles. The van der Waals surface area contributed by atoms with Crippen molar-refractivity contribution in [1.82, 2.24) is 0 Å². The van der Waals surface area contributed by atoms with Gasteiger partial charge in [0.25, 0.3) is 5.91 Å². The van der Waals surface area contributed by atoms with E-state index in [0.717, 1.165) is 23.4 Å². The molecular weight excluding hydrogens is 278 g/mol. The number of nitrogens with one attached hydrogen (secondary N) is 1. The van der Waals surface area contributed by atoms with Crippen LogP contribution in [0.5, 0.6) is 11.5 Å². The third kappa shape index (κ3) is 5.13. The summed E-state index contributed by atoms with van der Waals surface area (Å²) < 4.78 is 11.0. The number of aryl methyl sites for hydroxylation is 1. The van der Waals surface area contributed by atoms with Crippen molar-refractivity contribution in [2.75, 3.05) is 18.5 Å². The third-order valence-electron chi connectivity index (χ3n) is 2.97. The predicted octanol–water partition coefficient (Wildman–Crippen LogP) is 3.80. The molecule has 0 aliphatic heterocycles. The van der Waals surface area contributed by atoms with Crippen molar-refractivity contribution in [2.24, 2.45) is 0 Å². The van der Waals surface area contributed by atoms with E-state index in [9.17, 15) is 4.79 Å². The van der Waals surface area contributed by atoms with Crippen molar-refractivity contribution >= 4 is 11.6 Å². The highest BCUT2D eigenvalue weighted by Crippen LogP contribution is 2.18. The fourth-order valence-corrected chi connectivity index (χ4v) is 1.92. The Morgan fingerprint density at radius 2 is 1.73 bits per heavy atom. The minimum absolute atomic E-state index is 0.0247. The van der Waals surface area contributed by atoms with Crippen LogP contribution < -0.4 is 14.8 Å². The van der Waals surface area contributed by atoms with E-state index in [2.05, 4.69) is 12.2 Å². The van der Waals surface area contributed by atoms with Crippen LogP contribution in [-0.2, 0) is 4.79 Å². The Hall–Kier alpha value is -2.49. The van der Waals surface area contributed by atoms with E-state index in [4.69, 9.17) is 9.47 Å². The first-order valence-corrected chi connectivity index (χ1v) is 7.39. The largest absolute Gasteiger partial charge is 0.494 e. The van der Waals surface area contributed by atoms with Gasteiger partial charge in [-0.3, -0.25) is 4.79 Å². The number of anilines is 1. The third-order valence-corrected chi connectivity index (χ3v) is 2.97. The number of carbonyl (C=O) groups is 1. The average molecular weight is 299 g/mol. The number of hydrogen-bond donors (Lipinski definition) is 1. The highest BCUT2D eigenvalue weighted by molar-refractivity contribution is 5.91. The molecule has 0 aliphatic carbocycles. The summed E-state index contributed by atoms with van der Waals surface area (Å²) in [6, 6.07) is 14.9. The number of ether oxygens (including phenoxy) is 2. The summed E-state index contributed by atoms with van der Waals surface area (Å²) in [4.78, 5) is 11.8. The molecule has 2 aromatic carbocycles. The van der Waals surface area contributed by atoms with Crippen molar-refractivity contribution in [3.63, 3.8) is 0 Å².